The maximum Gasteiger partial charge on any atom is 0.0666 e. The summed E-state index contributed by atoms with van der Waals surface area (Å²) in [4.78, 5) is 0. The summed E-state index contributed by atoms with van der Waals surface area (Å²) in [7, 11) is 0. The van der Waals surface area contributed by atoms with Crippen molar-refractivity contribution in [2.45, 2.75) is 20.3 Å². The minimum atomic E-state index is 1.13. The number of halogens is 1. The van der Waals surface area contributed by atoms with Crippen LogP contribution in [0.2, 0.25) is 0 Å². The first-order valence-electron chi connectivity index (χ1n) is 4.40. The summed E-state index contributed by atoms with van der Waals surface area (Å²) in [6.07, 6.45) is 1.13. The molecule has 0 spiro atoms. The Morgan fingerprint density at radius 1 is 1.38 bits per heavy atom. The van der Waals surface area contributed by atoms with Gasteiger partial charge in [-0.1, -0.05) is 13.0 Å². The maximum absolute atomic E-state index is 2.39. The van der Waals surface area contributed by atoms with Gasteiger partial charge in [-0.2, -0.15) is 0 Å². The molecule has 0 saturated carbocycles. The Labute approximate surface area is 96.1 Å². The van der Waals surface area contributed by atoms with E-state index >= 15 is 0 Å². The summed E-state index contributed by atoms with van der Waals surface area (Å²) in [5, 5.41) is 1.44. The van der Waals surface area contributed by atoms with Crippen LogP contribution < -0.4 is 0 Å². The van der Waals surface area contributed by atoms with Crippen LogP contribution in [0.4, 0.5) is 0 Å². The molecule has 0 saturated heterocycles. The van der Waals surface area contributed by atoms with E-state index in [0.29, 0.717) is 0 Å². The van der Waals surface area contributed by atoms with Gasteiger partial charge >= 0.3 is 0 Å². The van der Waals surface area contributed by atoms with Gasteiger partial charge in [0, 0.05) is 4.70 Å². The highest BCUT2D eigenvalue weighted by Crippen LogP contribution is 2.30. The predicted molar refractivity (Wildman–Crippen MR) is 68.7 cm³/mol. The Hall–Kier alpha value is -0.0900. The standard InChI is InChI=1S/C11H11IS/c1-3-8-4-5-10-9(7(8)2)6-11(12)13-10/h4-6H,3H2,1-2H3. The largest absolute Gasteiger partial charge is 0.129 e. The molecule has 0 N–H and O–H groups in total. The van der Waals surface area contributed by atoms with Crippen molar-refractivity contribution in [3.63, 3.8) is 0 Å². The summed E-state index contributed by atoms with van der Waals surface area (Å²) in [5.74, 6) is 0. The number of fused-ring (bicyclic) bond motifs is 1. The second-order valence-electron chi connectivity index (χ2n) is 3.17. The van der Waals surface area contributed by atoms with E-state index < -0.39 is 0 Å². The average Bonchev–Trinajstić information content (AvgIpc) is 2.47. The number of thiophene rings is 1. The highest BCUT2D eigenvalue weighted by molar-refractivity contribution is 14.1. The van der Waals surface area contributed by atoms with Crippen molar-refractivity contribution in [3.05, 3.63) is 32.2 Å². The van der Waals surface area contributed by atoms with Crippen LogP contribution in [0, 0.1) is 9.81 Å². The smallest absolute Gasteiger partial charge is 0.0666 e. The first-order valence-corrected chi connectivity index (χ1v) is 6.29. The summed E-state index contributed by atoms with van der Waals surface area (Å²) in [5.41, 5.74) is 2.93. The molecule has 0 amide bonds. The normalized spacial score (nSPS) is 11.0. The molecule has 1 aromatic heterocycles. The van der Waals surface area contributed by atoms with Gasteiger partial charge in [0.25, 0.3) is 0 Å². The van der Waals surface area contributed by atoms with Gasteiger partial charge in [-0.05, 0) is 64.6 Å². The zero-order valence-electron chi connectivity index (χ0n) is 7.73. The number of hydrogen-bond acceptors (Lipinski definition) is 1. The third-order valence-corrected chi connectivity index (χ3v) is 4.29. The van der Waals surface area contributed by atoms with Crippen molar-refractivity contribution < 1.29 is 0 Å². The van der Waals surface area contributed by atoms with Gasteiger partial charge in [-0.15, -0.1) is 11.3 Å². The molecule has 0 atom stereocenters. The van der Waals surface area contributed by atoms with Crippen LogP contribution in [-0.4, -0.2) is 0 Å². The van der Waals surface area contributed by atoms with Gasteiger partial charge in [0.15, 0.2) is 0 Å². The number of rotatable bonds is 1. The minimum absolute atomic E-state index is 1.13. The maximum atomic E-state index is 2.39. The second-order valence-corrected chi connectivity index (χ2v) is 6.14. The van der Waals surface area contributed by atoms with Crippen LogP contribution in [0.1, 0.15) is 18.1 Å². The number of benzene rings is 1. The molecule has 1 heterocycles. The molecule has 0 aliphatic heterocycles. The molecule has 68 valence electrons. The van der Waals surface area contributed by atoms with E-state index in [4.69, 9.17) is 0 Å². The lowest BCUT2D eigenvalue weighted by Gasteiger charge is -2.02. The van der Waals surface area contributed by atoms with Crippen molar-refractivity contribution in [2.24, 2.45) is 0 Å². The highest BCUT2D eigenvalue weighted by atomic mass is 127. The van der Waals surface area contributed by atoms with Crippen LogP contribution in [0.5, 0.6) is 0 Å². The second kappa shape index (κ2) is 3.58. The summed E-state index contributed by atoms with van der Waals surface area (Å²) >= 11 is 4.26. The van der Waals surface area contributed by atoms with Crippen LogP contribution in [0.15, 0.2) is 18.2 Å². The Morgan fingerprint density at radius 2 is 2.15 bits per heavy atom. The predicted octanol–water partition coefficient (Wildman–Crippen LogP) is 4.38. The van der Waals surface area contributed by atoms with E-state index in [0.717, 1.165) is 6.42 Å². The molecule has 2 rings (SSSR count). The first-order chi connectivity index (χ1) is 6.22. The Morgan fingerprint density at radius 3 is 2.85 bits per heavy atom. The van der Waals surface area contributed by atoms with Gasteiger partial charge < -0.3 is 0 Å². The summed E-state index contributed by atoms with van der Waals surface area (Å²) in [6, 6.07) is 6.79. The lowest BCUT2D eigenvalue weighted by atomic mass is 10.0. The van der Waals surface area contributed by atoms with Gasteiger partial charge in [-0.25, -0.2) is 0 Å². The quantitative estimate of drug-likeness (QED) is 0.686. The molecule has 2 aromatic rings. The van der Waals surface area contributed by atoms with Gasteiger partial charge in [-0.3, -0.25) is 0 Å². The van der Waals surface area contributed by atoms with Crippen LogP contribution in [0.25, 0.3) is 10.1 Å². The topological polar surface area (TPSA) is 0 Å². The molecule has 0 unspecified atom stereocenters. The SMILES string of the molecule is CCc1ccc2sc(I)cc2c1C. The minimum Gasteiger partial charge on any atom is -0.129 e. The van der Waals surface area contributed by atoms with E-state index in [1.165, 1.54) is 24.1 Å². The summed E-state index contributed by atoms with van der Waals surface area (Å²) < 4.78 is 2.79. The van der Waals surface area contributed by atoms with E-state index in [-0.39, 0.29) is 0 Å². The molecule has 0 aliphatic carbocycles. The zero-order valence-corrected chi connectivity index (χ0v) is 10.7. The van der Waals surface area contributed by atoms with E-state index in [9.17, 15) is 0 Å². The molecule has 0 fully saturated rings. The van der Waals surface area contributed by atoms with Crippen LogP contribution in [-0.2, 0) is 6.42 Å². The fraction of sp³-hybridized carbons (Fsp3) is 0.273. The Kier molecular flexibility index (Phi) is 2.60. The summed E-state index contributed by atoms with van der Waals surface area (Å²) in [6.45, 7) is 4.44. The van der Waals surface area contributed by atoms with E-state index in [1.807, 2.05) is 11.3 Å². The fourth-order valence-electron chi connectivity index (χ4n) is 1.65. The lowest BCUT2D eigenvalue weighted by Crippen LogP contribution is -1.85. The Balaban J connectivity index is 2.78. The Bertz CT molecular complexity index is 443. The van der Waals surface area contributed by atoms with Gasteiger partial charge in [0.1, 0.15) is 0 Å². The average molecular weight is 302 g/mol. The third kappa shape index (κ3) is 1.62. The molecule has 0 bridgehead atoms. The molecular weight excluding hydrogens is 291 g/mol. The molecule has 2 heteroatoms. The van der Waals surface area contributed by atoms with Crippen LogP contribution in [0.3, 0.4) is 0 Å². The first kappa shape index (κ1) is 9.46. The van der Waals surface area contributed by atoms with E-state index in [1.54, 1.807) is 0 Å². The molecule has 0 radical (unpaired) electrons. The van der Waals surface area contributed by atoms with E-state index in [2.05, 4.69) is 54.6 Å². The highest BCUT2D eigenvalue weighted by Gasteiger charge is 2.04. The van der Waals surface area contributed by atoms with Gasteiger partial charge in [0.05, 0.1) is 2.88 Å². The van der Waals surface area contributed by atoms with Crippen molar-refractivity contribution in [1.82, 2.24) is 0 Å². The molecule has 0 aliphatic rings. The number of hydrogen-bond donors (Lipinski definition) is 0. The molecular formula is C11H11IS. The van der Waals surface area contributed by atoms with Crippen molar-refractivity contribution in [3.8, 4) is 0 Å². The molecule has 13 heavy (non-hydrogen) atoms. The van der Waals surface area contributed by atoms with Crippen molar-refractivity contribution >= 4 is 44.0 Å². The lowest BCUT2D eigenvalue weighted by molar-refractivity contribution is 1.12. The molecule has 0 nitrogen and oxygen atoms in total. The van der Waals surface area contributed by atoms with Crippen molar-refractivity contribution in [1.29, 1.82) is 0 Å². The third-order valence-electron chi connectivity index (χ3n) is 2.43. The van der Waals surface area contributed by atoms with Crippen molar-refractivity contribution in [2.75, 3.05) is 0 Å². The monoisotopic (exact) mass is 302 g/mol. The fourth-order valence-corrected chi connectivity index (χ4v) is 3.52. The molecule has 1 aromatic carbocycles. The van der Waals surface area contributed by atoms with Gasteiger partial charge in [0.2, 0.25) is 0 Å². The van der Waals surface area contributed by atoms with Crippen LogP contribution >= 0.6 is 33.9 Å². The number of aryl methyl sites for hydroxylation is 2. The zero-order chi connectivity index (χ0) is 9.42.